The monoisotopic (exact) mass is 267 g/mol. The molecule has 0 amide bonds. The van der Waals surface area contributed by atoms with E-state index in [2.05, 4.69) is 39.4 Å². The second-order valence-electron chi connectivity index (χ2n) is 5.60. The largest absolute Gasteiger partial charge is 0.392 e. The SMILES string of the molecule is CN1CCN(C)C(c2noc(C3CC(O)CN3)n2)C1. The minimum atomic E-state index is -0.316. The van der Waals surface area contributed by atoms with Crippen LogP contribution >= 0.6 is 0 Å². The predicted octanol–water partition coefficient (Wildman–Crippen LogP) is -0.617. The first kappa shape index (κ1) is 13.0. The predicted molar refractivity (Wildman–Crippen MR) is 68.5 cm³/mol. The van der Waals surface area contributed by atoms with Gasteiger partial charge in [0, 0.05) is 26.2 Å². The summed E-state index contributed by atoms with van der Waals surface area (Å²) in [6.07, 6.45) is 0.325. The smallest absolute Gasteiger partial charge is 0.243 e. The number of likely N-dealkylation sites (N-methyl/N-ethyl adjacent to an activating group) is 2. The summed E-state index contributed by atoms with van der Waals surface area (Å²) in [7, 11) is 4.20. The molecule has 3 rings (SSSR count). The first-order valence-corrected chi connectivity index (χ1v) is 6.77. The number of aliphatic hydroxyl groups is 1. The van der Waals surface area contributed by atoms with E-state index < -0.39 is 0 Å². The highest BCUT2D eigenvalue weighted by molar-refractivity contribution is 5.02. The molecular formula is C12H21N5O2. The summed E-state index contributed by atoms with van der Waals surface area (Å²) in [4.78, 5) is 9.05. The lowest BCUT2D eigenvalue weighted by atomic mass is 10.1. The van der Waals surface area contributed by atoms with Crippen LogP contribution in [0.5, 0.6) is 0 Å². The van der Waals surface area contributed by atoms with Gasteiger partial charge in [-0.3, -0.25) is 4.90 Å². The molecule has 3 unspecified atom stereocenters. The lowest BCUT2D eigenvalue weighted by Crippen LogP contribution is -2.45. The van der Waals surface area contributed by atoms with Crippen molar-refractivity contribution in [3.8, 4) is 0 Å². The molecule has 7 nitrogen and oxygen atoms in total. The Morgan fingerprint density at radius 3 is 2.95 bits per heavy atom. The van der Waals surface area contributed by atoms with Gasteiger partial charge < -0.3 is 19.8 Å². The summed E-state index contributed by atoms with van der Waals surface area (Å²) < 4.78 is 5.35. The minimum absolute atomic E-state index is 0.0112. The quantitative estimate of drug-likeness (QED) is 0.739. The van der Waals surface area contributed by atoms with Gasteiger partial charge in [-0.05, 0) is 20.5 Å². The van der Waals surface area contributed by atoms with Crippen molar-refractivity contribution < 1.29 is 9.63 Å². The molecule has 2 aliphatic heterocycles. The molecule has 1 aromatic rings. The van der Waals surface area contributed by atoms with E-state index in [1.807, 2.05) is 0 Å². The van der Waals surface area contributed by atoms with E-state index in [1.54, 1.807) is 0 Å². The van der Waals surface area contributed by atoms with Crippen molar-refractivity contribution in [2.45, 2.75) is 24.6 Å². The summed E-state index contributed by atoms with van der Waals surface area (Å²) in [5, 5.41) is 16.8. The Labute approximate surface area is 112 Å². The lowest BCUT2D eigenvalue weighted by molar-refractivity contribution is 0.108. The van der Waals surface area contributed by atoms with Crippen LogP contribution in [-0.2, 0) is 0 Å². The number of rotatable bonds is 2. The van der Waals surface area contributed by atoms with Crippen LogP contribution < -0.4 is 5.32 Å². The van der Waals surface area contributed by atoms with E-state index in [9.17, 15) is 5.11 Å². The molecule has 2 saturated heterocycles. The van der Waals surface area contributed by atoms with Crippen molar-refractivity contribution in [3.05, 3.63) is 11.7 Å². The summed E-state index contributed by atoms with van der Waals surface area (Å²) in [5.41, 5.74) is 0. The van der Waals surface area contributed by atoms with Crippen LogP contribution in [0.3, 0.4) is 0 Å². The van der Waals surface area contributed by atoms with Crippen LogP contribution in [0.2, 0.25) is 0 Å². The van der Waals surface area contributed by atoms with Crippen molar-refractivity contribution in [2.75, 3.05) is 40.3 Å². The van der Waals surface area contributed by atoms with Crippen molar-refractivity contribution in [2.24, 2.45) is 0 Å². The molecule has 106 valence electrons. The van der Waals surface area contributed by atoms with Crippen LogP contribution in [0, 0.1) is 0 Å². The highest BCUT2D eigenvalue weighted by atomic mass is 16.5. The molecule has 2 fully saturated rings. The third-order valence-corrected chi connectivity index (χ3v) is 4.01. The molecule has 1 aromatic heterocycles. The number of hydrogen-bond acceptors (Lipinski definition) is 7. The maximum absolute atomic E-state index is 9.53. The van der Waals surface area contributed by atoms with Gasteiger partial charge in [-0.1, -0.05) is 5.16 Å². The Kier molecular flexibility index (Phi) is 3.53. The number of β-amino-alcohol motifs (C(OH)–C–C–N with tert-alkyl or cyclic N) is 1. The molecule has 0 aromatic carbocycles. The zero-order chi connectivity index (χ0) is 13.4. The summed E-state index contributed by atoms with van der Waals surface area (Å²) >= 11 is 0. The molecule has 0 radical (unpaired) electrons. The van der Waals surface area contributed by atoms with Gasteiger partial charge in [0.05, 0.1) is 18.2 Å². The van der Waals surface area contributed by atoms with Crippen LogP contribution in [0.1, 0.15) is 30.2 Å². The molecule has 0 saturated carbocycles. The fourth-order valence-electron chi connectivity index (χ4n) is 2.72. The standard InChI is InChI=1S/C12H21N5O2/c1-16-3-4-17(2)10(7-16)11-14-12(19-15-11)9-5-8(18)6-13-9/h8-10,13,18H,3-7H2,1-2H3. The Bertz CT molecular complexity index is 438. The average Bonchev–Trinajstić information content (AvgIpc) is 3.00. The molecule has 3 heterocycles. The van der Waals surface area contributed by atoms with Crippen molar-refractivity contribution in [1.82, 2.24) is 25.3 Å². The first-order valence-electron chi connectivity index (χ1n) is 6.77. The van der Waals surface area contributed by atoms with Gasteiger partial charge in [0.1, 0.15) is 0 Å². The summed E-state index contributed by atoms with van der Waals surface area (Å²) in [5.74, 6) is 1.33. The van der Waals surface area contributed by atoms with Gasteiger partial charge in [0.15, 0.2) is 5.82 Å². The first-order chi connectivity index (χ1) is 9.13. The minimum Gasteiger partial charge on any atom is -0.392 e. The third kappa shape index (κ3) is 2.64. The van der Waals surface area contributed by atoms with Crippen molar-refractivity contribution in [1.29, 1.82) is 0 Å². The van der Waals surface area contributed by atoms with E-state index in [1.165, 1.54) is 0 Å². The molecule has 0 bridgehead atoms. The molecule has 19 heavy (non-hydrogen) atoms. The zero-order valence-corrected chi connectivity index (χ0v) is 11.4. The van der Waals surface area contributed by atoms with Crippen molar-refractivity contribution >= 4 is 0 Å². The van der Waals surface area contributed by atoms with Gasteiger partial charge in [-0.15, -0.1) is 0 Å². The van der Waals surface area contributed by atoms with Crippen LogP contribution in [0.25, 0.3) is 0 Å². The molecule has 3 atom stereocenters. The lowest BCUT2D eigenvalue weighted by Gasteiger charge is -2.35. The number of aliphatic hydroxyl groups excluding tert-OH is 1. The van der Waals surface area contributed by atoms with E-state index in [-0.39, 0.29) is 18.2 Å². The number of nitrogens with zero attached hydrogens (tertiary/aromatic N) is 4. The van der Waals surface area contributed by atoms with Gasteiger partial charge in [-0.2, -0.15) is 4.98 Å². The van der Waals surface area contributed by atoms with Crippen molar-refractivity contribution in [3.63, 3.8) is 0 Å². The number of aromatic nitrogens is 2. The summed E-state index contributed by atoms with van der Waals surface area (Å²) in [6.45, 7) is 3.57. The van der Waals surface area contributed by atoms with E-state index >= 15 is 0 Å². The van der Waals surface area contributed by atoms with Crippen LogP contribution in [0.15, 0.2) is 4.52 Å². The maximum Gasteiger partial charge on any atom is 0.243 e. The summed E-state index contributed by atoms with van der Waals surface area (Å²) in [6, 6.07) is 0.172. The van der Waals surface area contributed by atoms with E-state index in [0.29, 0.717) is 18.9 Å². The number of nitrogens with one attached hydrogen (secondary N) is 1. The fraction of sp³-hybridized carbons (Fsp3) is 0.833. The van der Waals surface area contributed by atoms with Gasteiger partial charge in [0.25, 0.3) is 0 Å². The van der Waals surface area contributed by atoms with Gasteiger partial charge in [0.2, 0.25) is 5.89 Å². The van der Waals surface area contributed by atoms with E-state index in [4.69, 9.17) is 4.52 Å². The number of piperazine rings is 1. The third-order valence-electron chi connectivity index (χ3n) is 4.01. The van der Waals surface area contributed by atoms with Crippen LogP contribution in [-0.4, -0.2) is 71.4 Å². The fourth-order valence-corrected chi connectivity index (χ4v) is 2.72. The topological polar surface area (TPSA) is 77.7 Å². The van der Waals surface area contributed by atoms with Gasteiger partial charge in [-0.25, -0.2) is 0 Å². The molecule has 0 aliphatic carbocycles. The molecule has 2 aliphatic rings. The Morgan fingerprint density at radius 2 is 2.21 bits per heavy atom. The highest BCUT2D eigenvalue weighted by Gasteiger charge is 2.31. The maximum atomic E-state index is 9.53. The average molecular weight is 267 g/mol. The Morgan fingerprint density at radius 1 is 1.37 bits per heavy atom. The second kappa shape index (κ2) is 5.16. The second-order valence-corrected chi connectivity index (χ2v) is 5.60. The normalized spacial score (nSPS) is 33.9. The molecular weight excluding hydrogens is 246 g/mol. The molecule has 0 spiro atoms. The Hall–Kier alpha value is -1.02. The molecule has 7 heteroatoms. The number of hydrogen-bond donors (Lipinski definition) is 2. The van der Waals surface area contributed by atoms with Crippen LogP contribution in [0.4, 0.5) is 0 Å². The highest BCUT2D eigenvalue weighted by Crippen LogP contribution is 2.25. The Balaban J connectivity index is 1.73. The molecule has 2 N–H and O–H groups in total. The zero-order valence-electron chi connectivity index (χ0n) is 11.4. The van der Waals surface area contributed by atoms with E-state index in [0.717, 1.165) is 25.5 Å². The van der Waals surface area contributed by atoms with Gasteiger partial charge >= 0.3 is 0 Å².